The lowest BCUT2D eigenvalue weighted by atomic mass is 10.2. The highest BCUT2D eigenvalue weighted by molar-refractivity contribution is 7.91. The molecular formula is C16H19F3N4O3S2. The number of anilines is 2. The van der Waals surface area contributed by atoms with E-state index in [1.165, 1.54) is 12.1 Å². The van der Waals surface area contributed by atoms with Gasteiger partial charge in [-0.25, -0.2) is 13.2 Å². The molecule has 1 aromatic heterocycles. The molecule has 1 heterocycles. The maximum atomic E-state index is 12.7. The Bertz CT molecular complexity index is 914. The van der Waals surface area contributed by atoms with Crippen LogP contribution < -0.4 is 10.6 Å². The van der Waals surface area contributed by atoms with Crippen molar-refractivity contribution in [3.8, 4) is 0 Å². The van der Waals surface area contributed by atoms with E-state index in [9.17, 15) is 26.4 Å². The molecule has 7 nitrogen and oxygen atoms in total. The summed E-state index contributed by atoms with van der Waals surface area (Å²) >= 11 is 1.01. The van der Waals surface area contributed by atoms with Gasteiger partial charge in [-0.3, -0.25) is 5.32 Å². The van der Waals surface area contributed by atoms with Crippen LogP contribution in [-0.2, 0) is 22.4 Å². The monoisotopic (exact) mass is 436 g/mol. The minimum absolute atomic E-state index is 0.0286. The van der Waals surface area contributed by atoms with Gasteiger partial charge in [0.15, 0.2) is 9.84 Å². The fourth-order valence-corrected chi connectivity index (χ4v) is 4.45. The summed E-state index contributed by atoms with van der Waals surface area (Å²) in [5.74, 6) is 0.0604. The average molecular weight is 436 g/mol. The number of nitrogens with zero attached hydrogens (tertiary/aromatic N) is 2. The summed E-state index contributed by atoms with van der Waals surface area (Å²) in [7, 11) is -3.17. The molecule has 0 fully saturated rings. The number of unbranched alkanes of at least 4 members (excludes halogenated alkanes) is 1. The molecule has 0 aliphatic carbocycles. The van der Waals surface area contributed by atoms with Gasteiger partial charge in [0.2, 0.25) is 5.13 Å². The zero-order valence-corrected chi connectivity index (χ0v) is 16.5. The lowest BCUT2D eigenvalue weighted by Crippen LogP contribution is -2.19. The van der Waals surface area contributed by atoms with Gasteiger partial charge in [0.05, 0.1) is 17.1 Å². The summed E-state index contributed by atoms with van der Waals surface area (Å²) in [5, 5.41) is 12.8. The molecule has 0 spiro atoms. The smallest absolute Gasteiger partial charge is 0.308 e. The lowest BCUT2D eigenvalue weighted by Gasteiger charge is -2.09. The van der Waals surface area contributed by atoms with Gasteiger partial charge < -0.3 is 5.32 Å². The molecule has 2 N–H and O–H groups in total. The Kier molecular flexibility index (Phi) is 7.35. The van der Waals surface area contributed by atoms with Crippen LogP contribution in [0.25, 0.3) is 0 Å². The largest absolute Gasteiger partial charge is 0.416 e. The van der Waals surface area contributed by atoms with Crippen LogP contribution in [0.4, 0.5) is 28.8 Å². The van der Waals surface area contributed by atoms with Crippen molar-refractivity contribution < 1.29 is 26.4 Å². The quantitative estimate of drug-likeness (QED) is 0.652. The van der Waals surface area contributed by atoms with Gasteiger partial charge in [-0.2, -0.15) is 13.2 Å². The van der Waals surface area contributed by atoms with E-state index in [0.29, 0.717) is 11.4 Å². The molecule has 2 aromatic rings. The van der Waals surface area contributed by atoms with Crippen LogP contribution in [0, 0.1) is 0 Å². The van der Waals surface area contributed by atoms with Crippen molar-refractivity contribution in [1.82, 2.24) is 10.2 Å². The molecule has 12 heteroatoms. The van der Waals surface area contributed by atoms with Crippen LogP contribution in [0.2, 0.25) is 0 Å². The van der Waals surface area contributed by atoms with Crippen molar-refractivity contribution >= 4 is 38.0 Å². The summed E-state index contributed by atoms with van der Waals surface area (Å²) in [6.07, 6.45) is -2.95. The van der Waals surface area contributed by atoms with Crippen LogP contribution in [0.1, 0.15) is 30.3 Å². The second-order valence-corrected chi connectivity index (χ2v) is 9.28. The number of carbonyl (C=O) groups is 1. The predicted octanol–water partition coefficient (Wildman–Crippen LogP) is 3.96. The molecule has 0 bridgehead atoms. The highest BCUT2D eigenvalue weighted by atomic mass is 32.2. The van der Waals surface area contributed by atoms with Crippen molar-refractivity contribution in [1.29, 1.82) is 0 Å². The van der Waals surface area contributed by atoms with Crippen molar-refractivity contribution in [2.24, 2.45) is 0 Å². The van der Waals surface area contributed by atoms with E-state index < -0.39 is 27.6 Å². The topological polar surface area (TPSA) is 101 Å². The summed E-state index contributed by atoms with van der Waals surface area (Å²) in [6.45, 7) is 1.91. The van der Waals surface area contributed by atoms with Crippen LogP contribution >= 0.6 is 11.3 Å². The predicted molar refractivity (Wildman–Crippen MR) is 101 cm³/mol. The Morgan fingerprint density at radius 3 is 2.61 bits per heavy atom. The third-order valence-corrected chi connectivity index (χ3v) is 6.21. The first-order valence-corrected chi connectivity index (χ1v) is 11.0. The molecule has 1 aromatic carbocycles. The number of rotatable bonds is 8. The first kappa shape index (κ1) is 22.1. The number of halogens is 3. The zero-order chi connectivity index (χ0) is 20.8. The van der Waals surface area contributed by atoms with Crippen molar-refractivity contribution in [2.45, 2.75) is 32.4 Å². The first-order valence-electron chi connectivity index (χ1n) is 8.37. The fourth-order valence-electron chi connectivity index (χ4n) is 2.15. The second-order valence-electron chi connectivity index (χ2n) is 5.91. The highest BCUT2D eigenvalue weighted by Gasteiger charge is 2.30. The number of urea groups is 1. The number of carbonyl (C=O) groups excluding carboxylic acids is 1. The Labute approximate surface area is 164 Å². The molecule has 28 heavy (non-hydrogen) atoms. The van der Waals surface area contributed by atoms with Gasteiger partial charge >= 0.3 is 12.2 Å². The number of benzene rings is 1. The Hall–Kier alpha value is -2.21. The Balaban J connectivity index is 1.90. The van der Waals surface area contributed by atoms with Crippen LogP contribution in [-0.4, -0.2) is 36.2 Å². The number of nitrogens with one attached hydrogen (secondary N) is 2. The molecule has 0 saturated heterocycles. The molecule has 2 amide bonds. The number of aromatic nitrogens is 2. The van der Waals surface area contributed by atoms with Gasteiger partial charge in [0.25, 0.3) is 0 Å². The maximum Gasteiger partial charge on any atom is 0.416 e. The van der Waals surface area contributed by atoms with Crippen LogP contribution in [0.15, 0.2) is 24.3 Å². The Morgan fingerprint density at radius 2 is 1.93 bits per heavy atom. The number of aryl methyl sites for hydroxylation is 1. The fraction of sp³-hybridized carbons (Fsp3) is 0.438. The second kappa shape index (κ2) is 9.32. The van der Waals surface area contributed by atoms with E-state index in [1.807, 2.05) is 6.92 Å². The van der Waals surface area contributed by atoms with E-state index >= 15 is 0 Å². The standard InChI is InChI=1S/C16H19F3N4O3S2/c1-2-3-8-28(25,26)9-7-13-22-23-15(27-13)21-14(24)20-12-6-4-5-11(10-12)16(17,18)19/h4-6,10H,2-3,7-9H2,1H3,(H2,20,21,23,24). The maximum absolute atomic E-state index is 12.7. The van der Waals surface area contributed by atoms with Gasteiger partial charge in [-0.05, 0) is 24.6 Å². The normalized spacial score (nSPS) is 12.0. The lowest BCUT2D eigenvalue weighted by molar-refractivity contribution is -0.137. The van der Waals surface area contributed by atoms with E-state index in [2.05, 4.69) is 20.8 Å². The average Bonchev–Trinajstić information content (AvgIpc) is 3.05. The Morgan fingerprint density at radius 1 is 1.18 bits per heavy atom. The van der Waals surface area contributed by atoms with Gasteiger partial charge in [0.1, 0.15) is 5.01 Å². The molecule has 0 unspecified atom stereocenters. The number of hydrogen-bond donors (Lipinski definition) is 2. The number of alkyl halides is 3. The molecule has 2 rings (SSSR count). The molecule has 0 aliphatic heterocycles. The molecule has 0 radical (unpaired) electrons. The van der Waals surface area contributed by atoms with Gasteiger partial charge in [-0.15, -0.1) is 10.2 Å². The highest BCUT2D eigenvalue weighted by Crippen LogP contribution is 2.30. The summed E-state index contributed by atoms with van der Waals surface area (Å²) < 4.78 is 61.8. The first-order chi connectivity index (χ1) is 13.1. The minimum Gasteiger partial charge on any atom is -0.308 e. The van der Waals surface area contributed by atoms with Crippen molar-refractivity contribution in [2.75, 3.05) is 22.1 Å². The minimum atomic E-state index is -4.51. The summed E-state index contributed by atoms with van der Waals surface area (Å²) in [5.41, 5.74) is -0.910. The van der Waals surface area contributed by atoms with Crippen molar-refractivity contribution in [3.05, 3.63) is 34.8 Å². The third-order valence-electron chi connectivity index (χ3n) is 3.57. The van der Waals surface area contributed by atoms with Gasteiger partial charge in [0, 0.05) is 12.1 Å². The molecule has 154 valence electrons. The van der Waals surface area contributed by atoms with E-state index in [1.54, 1.807) is 0 Å². The van der Waals surface area contributed by atoms with Crippen molar-refractivity contribution in [3.63, 3.8) is 0 Å². The molecule has 0 atom stereocenters. The molecule has 0 saturated carbocycles. The van der Waals surface area contributed by atoms with E-state index in [4.69, 9.17) is 0 Å². The summed E-state index contributed by atoms with van der Waals surface area (Å²) in [6, 6.07) is 3.43. The zero-order valence-electron chi connectivity index (χ0n) is 14.9. The number of sulfone groups is 1. The number of hydrogen-bond acceptors (Lipinski definition) is 6. The molecule has 0 aliphatic rings. The van der Waals surface area contributed by atoms with Crippen LogP contribution in [0.5, 0.6) is 0 Å². The third kappa shape index (κ3) is 7.08. The summed E-state index contributed by atoms with van der Waals surface area (Å²) in [4.78, 5) is 11.9. The van der Waals surface area contributed by atoms with E-state index in [-0.39, 0.29) is 28.7 Å². The molecular weight excluding hydrogens is 417 g/mol. The van der Waals surface area contributed by atoms with E-state index in [0.717, 1.165) is 29.9 Å². The van der Waals surface area contributed by atoms with Crippen LogP contribution in [0.3, 0.4) is 0 Å². The van der Waals surface area contributed by atoms with Gasteiger partial charge in [-0.1, -0.05) is 30.7 Å². The number of amides is 2. The SMILES string of the molecule is CCCCS(=O)(=O)CCc1nnc(NC(=O)Nc2cccc(C(F)(F)F)c2)s1.